The van der Waals surface area contributed by atoms with E-state index in [-0.39, 0.29) is 23.0 Å². The van der Waals surface area contributed by atoms with Crippen LogP contribution < -0.4 is 0 Å². The summed E-state index contributed by atoms with van der Waals surface area (Å²) in [5, 5.41) is 9.07. The predicted molar refractivity (Wildman–Crippen MR) is 67.8 cm³/mol. The van der Waals surface area contributed by atoms with Crippen LogP contribution in [0.1, 0.15) is 23.0 Å². The summed E-state index contributed by atoms with van der Waals surface area (Å²) in [6.45, 7) is 1.62. The van der Waals surface area contributed by atoms with Crippen molar-refractivity contribution in [3.05, 3.63) is 34.5 Å². The summed E-state index contributed by atoms with van der Waals surface area (Å²) >= 11 is 5.85. The number of H-pyrrole nitrogens is 1. The average molecular weight is 320 g/mol. The normalized spacial score (nSPS) is 11.5. The largest absolute Gasteiger partial charge is 0.461 e. The van der Waals surface area contributed by atoms with Gasteiger partial charge in [-0.15, -0.1) is 5.10 Å². The number of esters is 1. The minimum atomic E-state index is -4.65. The zero-order valence-electron chi connectivity index (χ0n) is 10.7. The molecule has 0 amide bonds. The van der Waals surface area contributed by atoms with E-state index in [0.717, 1.165) is 6.07 Å². The highest BCUT2D eigenvalue weighted by Crippen LogP contribution is 2.40. The van der Waals surface area contributed by atoms with Gasteiger partial charge in [0.15, 0.2) is 5.69 Å². The zero-order chi connectivity index (χ0) is 15.6. The lowest BCUT2D eigenvalue weighted by atomic mass is 10.0. The van der Waals surface area contributed by atoms with Crippen molar-refractivity contribution in [1.82, 2.24) is 15.4 Å². The molecule has 0 bridgehead atoms. The molecule has 0 aliphatic carbocycles. The topological polar surface area (TPSA) is 67.9 Å². The maximum Gasteiger partial charge on any atom is 0.417 e. The van der Waals surface area contributed by atoms with E-state index in [1.165, 1.54) is 12.1 Å². The number of aromatic nitrogens is 3. The van der Waals surface area contributed by atoms with Crippen molar-refractivity contribution >= 4 is 17.6 Å². The predicted octanol–water partition coefficient (Wildman–Crippen LogP) is 3.32. The Morgan fingerprint density at radius 3 is 2.71 bits per heavy atom. The van der Waals surface area contributed by atoms with Crippen LogP contribution in [0.5, 0.6) is 0 Å². The minimum absolute atomic E-state index is 0.0553. The minimum Gasteiger partial charge on any atom is -0.461 e. The molecule has 1 aromatic carbocycles. The Labute approximate surface area is 122 Å². The number of hydrogen-bond donors (Lipinski definition) is 1. The Morgan fingerprint density at radius 1 is 1.38 bits per heavy atom. The molecule has 0 spiro atoms. The van der Waals surface area contributed by atoms with Crippen LogP contribution in [-0.4, -0.2) is 28.0 Å². The maximum atomic E-state index is 13.1. The molecule has 9 heteroatoms. The summed E-state index contributed by atoms with van der Waals surface area (Å²) in [5.41, 5.74) is -2.07. The number of nitrogens with zero attached hydrogens (tertiary/aromatic N) is 2. The molecular weight excluding hydrogens is 311 g/mol. The molecule has 1 aromatic heterocycles. The van der Waals surface area contributed by atoms with Gasteiger partial charge in [-0.1, -0.05) is 17.7 Å². The second kappa shape index (κ2) is 5.72. The Balaban J connectivity index is 2.64. The highest BCUT2D eigenvalue weighted by Gasteiger charge is 2.36. The molecule has 0 aliphatic heterocycles. The molecule has 0 saturated heterocycles. The lowest BCUT2D eigenvalue weighted by Gasteiger charge is -2.13. The number of carbonyl (C=O) groups excluding carboxylic acids is 1. The molecule has 0 fully saturated rings. The molecule has 2 rings (SSSR count). The molecule has 1 heterocycles. The van der Waals surface area contributed by atoms with Crippen molar-refractivity contribution in [1.29, 1.82) is 0 Å². The monoisotopic (exact) mass is 319 g/mol. The van der Waals surface area contributed by atoms with E-state index < -0.39 is 23.3 Å². The lowest BCUT2D eigenvalue weighted by Crippen LogP contribution is -2.11. The molecule has 0 saturated carbocycles. The molecule has 2 aromatic rings. The van der Waals surface area contributed by atoms with Crippen LogP contribution in [0, 0.1) is 0 Å². The van der Waals surface area contributed by atoms with E-state index in [2.05, 4.69) is 15.4 Å². The van der Waals surface area contributed by atoms with Gasteiger partial charge in [0.1, 0.15) is 5.69 Å². The van der Waals surface area contributed by atoms with Gasteiger partial charge in [0.2, 0.25) is 0 Å². The van der Waals surface area contributed by atoms with E-state index >= 15 is 0 Å². The molecular formula is C12H9ClF3N3O2. The Kier molecular flexibility index (Phi) is 4.17. The van der Waals surface area contributed by atoms with Crippen LogP contribution in [0.15, 0.2) is 18.2 Å². The van der Waals surface area contributed by atoms with E-state index in [9.17, 15) is 18.0 Å². The second-order valence-corrected chi connectivity index (χ2v) is 4.31. The summed E-state index contributed by atoms with van der Waals surface area (Å²) in [7, 11) is 0. The highest BCUT2D eigenvalue weighted by molar-refractivity contribution is 6.33. The van der Waals surface area contributed by atoms with Crippen molar-refractivity contribution in [3.8, 4) is 11.3 Å². The average Bonchev–Trinajstić information content (AvgIpc) is 2.86. The molecule has 0 aliphatic rings. The van der Waals surface area contributed by atoms with Crippen molar-refractivity contribution in [2.45, 2.75) is 13.1 Å². The van der Waals surface area contributed by atoms with Crippen LogP contribution >= 0.6 is 11.6 Å². The first-order valence-electron chi connectivity index (χ1n) is 5.80. The summed E-state index contributed by atoms with van der Waals surface area (Å²) in [6, 6.07) is 3.29. The number of ether oxygens (including phenoxy) is 1. The van der Waals surface area contributed by atoms with Gasteiger partial charge in [0, 0.05) is 5.56 Å². The first kappa shape index (κ1) is 15.3. The number of halogens is 4. The van der Waals surface area contributed by atoms with E-state index in [0.29, 0.717) is 0 Å². The number of rotatable bonds is 3. The number of carbonyl (C=O) groups is 1. The van der Waals surface area contributed by atoms with Crippen molar-refractivity contribution in [2.75, 3.05) is 6.61 Å². The van der Waals surface area contributed by atoms with E-state index in [4.69, 9.17) is 16.3 Å². The molecule has 0 atom stereocenters. The fraction of sp³-hybridized carbons (Fsp3) is 0.250. The van der Waals surface area contributed by atoms with Crippen molar-refractivity contribution in [3.63, 3.8) is 0 Å². The Morgan fingerprint density at radius 2 is 2.10 bits per heavy atom. The van der Waals surface area contributed by atoms with Crippen LogP contribution in [-0.2, 0) is 10.9 Å². The lowest BCUT2D eigenvalue weighted by molar-refractivity contribution is -0.137. The van der Waals surface area contributed by atoms with Crippen LogP contribution in [0.4, 0.5) is 13.2 Å². The number of hydrogen-bond acceptors (Lipinski definition) is 4. The van der Waals surface area contributed by atoms with Crippen molar-refractivity contribution < 1.29 is 22.7 Å². The standard InChI is InChI=1S/C12H9ClF3N3O2/c1-2-21-11(20)10-9(17-19-18-10)8-6(12(14,15)16)4-3-5-7(8)13/h3-5H,2H2,1H3,(H,17,18,19). The Hall–Kier alpha value is -2.09. The van der Waals surface area contributed by atoms with Crippen LogP contribution in [0.25, 0.3) is 11.3 Å². The van der Waals surface area contributed by atoms with E-state index in [1.807, 2.05) is 0 Å². The first-order chi connectivity index (χ1) is 9.86. The van der Waals surface area contributed by atoms with E-state index in [1.54, 1.807) is 6.92 Å². The number of benzene rings is 1. The van der Waals surface area contributed by atoms with Gasteiger partial charge in [-0.3, -0.25) is 0 Å². The summed E-state index contributed by atoms with van der Waals surface area (Å²) in [4.78, 5) is 11.7. The molecule has 112 valence electrons. The number of nitrogens with one attached hydrogen (secondary N) is 1. The number of aromatic amines is 1. The molecule has 1 N–H and O–H groups in total. The third kappa shape index (κ3) is 2.99. The van der Waals surface area contributed by atoms with Gasteiger partial charge in [0.05, 0.1) is 17.2 Å². The SMILES string of the molecule is CCOC(=O)c1n[nH]nc1-c1c(Cl)cccc1C(F)(F)F. The van der Waals surface area contributed by atoms with Gasteiger partial charge in [-0.2, -0.15) is 23.5 Å². The second-order valence-electron chi connectivity index (χ2n) is 3.90. The quantitative estimate of drug-likeness (QED) is 0.881. The smallest absolute Gasteiger partial charge is 0.417 e. The zero-order valence-corrected chi connectivity index (χ0v) is 11.4. The van der Waals surface area contributed by atoms with Gasteiger partial charge >= 0.3 is 12.1 Å². The van der Waals surface area contributed by atoms with Gasteiger partial charge < -0.3 is 4.74 Å². The molecule has 0 radical (unpaired) electrons. The fourth-order valence-corrected chi connectivity index (χ4v) is 2.01. The maximum absolute atomic E-state index is 13.1. The summed E-state index contributed by atoms with van der Waals surface area (Å²) in [6.07, 6.45) is -4.65. The molecule has 21 heavy (non-hydrogen) atoms. The van der Waals surface area contributed by atoms with Crippen LogP contribution in [0.2, 0.25) is 5.02 Å². The number of alkyl halides is 3. The molecule has 5 nitrogen and oxygen atoms in total. The fourth-order valence-electron chi connectivity index (χ4n) is 1.75. The highest BCUT2D eigenvalue weighted by atomic mass is 35.5. The van der Waals surface area contributed by atoms with Crippen LogP contribution in [0.3, 0.4) is 0 Å². The summed E-state index contributed by atoms with van der Waals surface area (Å²) < 4.78 is 43.9. The van der Waals surface area contributed by atoms with Gasteiger partial charge in [0.25, 0.3) is 0 Å². The van der Waals surface area contributed by atoms with Crippen molar-refractivity contribution in [2.24, 2.45) is 0 Å². The molecule has 0 unspecified atom stereocenters. The van der Waals surface area contributed by atoms with Gasteiger partial charge in [-0.25, -0.2) is 4.79 Å². The Bertz CT molecular complexity index is 670. The van der Waals surface area contributed by atoms with Gasteiger partial charge in [-0.05, 0) is 19.1 Å². The first-order valence-corrected chi connectivity index (χ1v) is 6.18. The third-order valence-corrected chi connectivity index (χ3v) is 2.89. The third-order valence-electron chi connectivity index (χ3n) is 2.57. The summed E-state index contributed by atoms with van der Waals surface area (Å²) in [5.74, 6) is -0.880.